The summed E-state index contributed by atoms with van der Waals surface area (Å²) in [7, 11) is 0. The minimum atomic E-state index is 0.0308. The Labute approximate surface area is 101 Å². The van der Waals surface area contributed by atoms with E-state index in [1.807, 2.05) is 18.2 Å². The average Bonchev–Trinajstić information content (AvgIpc) is 2.69. The highest BCUT2D eigenvalue weighted by molar-refractivity contribution is 5.97. The standard InChI is InChI=1S/C15H16O2/c1-10-14-12(16)8-5-9-13(14)17-15(10)11-6-3-2-4-7-11/h2-4,6-7,10,15H,5,8-9H2,1H3. The minimum absolute atomic E-state index is 0.0308. The second-order valence-electron chi connectivity index (χ2n) is 4.85. The van der Waals surface area contributed by atoms with E-state index in [9.17, 15) is 4.79 Å². The van der Waals surface area contributed by atoms with Gasteiger partial charge in [0.2, 0.25) is 0 Å². The lowest BCUT2D eigenvalue weighted by Gasteiger charge is -2.17. The van der Waals surface area contributed by atoms with Crippen LogP contribution >= 0.6 is 0 Å². The molecule has 0 spiro atoms. The third kappa shape index (κ3) is 1.68. The Kier molecular flexibility index (Phi) is 2.50. The quantitative estimate of drug-likeness (QED) is 0.736. The normalized spacial score (nSPS) is 27.9. The molecule has 17 heavy (non-hydrogen) atoms. The maximum Gasteiger partial charge on any atom is 0.162 e. The summed E-state index contributed by atoms with van der Waals surface area (Å²) in [6.07, 6.45) is 2.58. The van der Waals surface area contributed by atoms with E-state index in [4.69, 9.17) is 4.74 Å². The van der Waals surface area contributed by atoms with E-state index in [0.29, 0.717) is 6.42 Å². The van der Waals surface area contributed by atoms with Crippen molar-refractivity contribution in [2.24, 2.45) is 5.92 Å². The Bertz CT molecular complexity index is 473. The topological polar surface area (TPSA) is 26.3 Å². The molecular weight excluding hydrogens is 212 g/mol. The molecule has 0 saturated carbocycles. The van der Waals surface area contributed by atoms with Crippen molar-refractivity contribution in [3.63, 3.8) is 0 Å². The van der Waals surface area contributed by atoms with Gasteiger partial charge in [0.25, 0.3) is 0 Å². The van der Waals surface area contributed by atoms with Crippen molar-refractivity contribution in [1.82, 2.24) is 0 Å². The predicted molar refractivity (Wildman–Crippen MR) is 65.3 cm³/mol. The van der Waals surface area contributed by atoms with E-state index < -0.39 is 0 Å². The number of hydrogen-bond acceptors (Lipinski definition) is 2. The third-order valence-corrected chi connectivity index (χ3v) is 3.72. The zero-order valence-corrected chi connectivity index (χ0v) is 9.98. The number of carbonyl (C=O) groups excluding carboxylic acids is 1. The number of rotatable bonds is 1. The van der Waals surface area contributed by atoms with Crippen molar-refractivity contribution in [2.75, 3.05) is 0 Å². The molecule has 1 aromatic carbocycles. The monoisotopic (exact) mass is 228 g/mol. The van der Waals surface area contributed by atoms with Crippen LogP contribution in [0.3, 0.4) is 0 Å². The molecule has 1 aliphatic heterocycles. The highest BCUT2D eigenvalue weighted by atomic mass is 16.5. The first-order chi connectivity index (χ1) is 8.27. The Hall–Kier alpha value is -1.57. The van der Waals surface area contributed by atoms with Gasteiger partial charge in [-0.25, -0.2) is 0 Å². The van der Waals surface area contributed by atoms with Crippen LogP contribution in [0.25, 0.3) is 0 Å². The van der Waals surface area contributed by atoms with Crippen molar-refractivity contribution >= 4 is 5.78 Å². The zero-order chi connectivity index (χ0) is 11.8. The highest BCUT2D eigenvalue weighted by Crippen LogP contribution is 2.45. The summed E-state index contributed by atoms with van der Waals surface area (Å²) in [5, 5.41) is 0. The number of benzene rings is 1. The molecule has 2 atom stereocenters. The lowest BCUT2D eigenvalue weighted by Crippen LogP contribution is -2.14. The Morgan fingerprint density at radius 3 is 2.65 bits per heavy atom. The van der Waals surface area contributed by atoms with Gasteiger partial charge in [0.15, 0.2) is 5.78 Å². The molecule has 2 heteroatoms. The maximum atomic E-state index is 11.9. The first-order valence-electron chi connectivity index (χ1n) is 6.25. The van der Waals surface area contributed by atoms with Crippen molar-refractivity contribution < 1.29 is 9.53 Å². The molecular formula is C15H16O2. The number of hydrogen-bond donors (Lipinski definition) is 0. The summed E-state index contributed by atoms with van der Waals surface area (Å²) in [6.45, 7) is 2.10. The summed E-state index contributed by atoms with van der Waals surface area (Å²) in [5.74, 6) is 1.43. The van der Waals surface area contributed by atoms with Crippen LogP contribution in [0.5, 0.6) is 0 Å². The summed E-state index contributed by atoms with van der Waals surface area (Å²) in [5.41, 5.74) is 2.12. The van der Waals surface area contributed by atoms with E-state index in [1.165, 1.54) is 5.56 Å². The van der Waals surface area contributed by atoms with E-state index in [1.54, 1.807) is 0 Å². The molecule has 1 aromatic rings. The molecule has 0 radical (unpaired) electrons. The van der Waals surface area contributed by atoms with Crippen molar-refractivity contribution in [1.29, 1.82) is 0 Å². The fourth-order valence-corrected chi connectivity index (χ4v) is 2.87. The first kappa shape index (κ1) is 10.6. The molecule has 2 unspecified atom stereocenters. The fraction of sp³-hybridized carbons (Fsp3) is 0.400. The summed E-state index contributed by atoms with van der Waals surface area (Å²) in [4.78, 5) is 11.9. The van der Waals surface area contributed by atoms with Crippen LogP contribution in [0.4, 0.5) is 0 Å². The summed E-state index contributed by atoms with van der Waals surface area (Å²) < 4.78 is 5.99. The van der Waals surface area contributed by atoms with Crippen molar-refractivity contribution in [2.45, 2.75) is 32.3 Å². The smallest absolute Gasteiger partial charge is 0.162 e. The Balaban J connectivity index is 1.92. The van der Waals surface area contributed by atoms with E-state index in [-0.39, 0.29) is 17.8 Å². The molecule has 0 bridgehead atoms. The zero-order valence-electron chi connectivity index (χ0n) is 9.98. The molecule has 2 aliphatic rings. The van der Waals surface area contributed by atoms with Gasteiger partial charge in [-0.2, -0.15) is 0 Å². The Morgan fingerprint density at radius 2 is 1.94 bits per heavy atom. The van der Waals surface area contributed by atoms with Gasteiger partial charge in [-0.1, -0.05) is 37.3 Å². The van der Waals surface area contributed by atoms with Gasteiger partial charge < -0.3 is 4.74 Å². The largest absolute Gasteiger partial charge is 0.489 e. The molecule has 0 N–H and O–H groups in total. The average molecular weight is 228 g/mol. The molecule has 0 saturated heterocycles. The van der Waals surface area contributed by atoms with Crippen molar-refractivity contribution in [3.05, 3.63) is 47.2 Å². The van der Waals surface area contributed by atoms with Crippen molar-refractivity contribution in [3.8, 4) is 0 Å². The number of allylic oxidation sites excluding steroid dienone is 1. The van der Waals surface area contributed by atoms with Crippen LogP contribution < -0.4 is 0 Å². The molecule has 0 aromatic heterocycles. The maximum absolute atomic E-state index is 11.9. The van der Waals surface area contributed by atoms with Crippen LogP contribution in [0.1, 0.15) is 37.9 Å². The van der Waals surface area contributed by atoms with Gasteiger partial charge in [0, 0.05) is 24.3 Å². The van der Waals surface area contributed by atoms with Crippen LogP contribution in [0.2, 0.25) is 0 Å². The summed E-state index contributed by atoms with van der Waals surface area (Å²) in [6, 6.07) is 10.2. The Morgan fingerprint density at radius 1 is 1.18 bits per heavy atom. The van der Waals surface area contributed by atoms with E-state index in [2.05, 4.69) is 19.1 Å². The predicted octanol–water partition coefficient (Wildman–Crippen LogP) is 3.40. The number of ketones is 1. The number of carbonyl (C=O) groups is 1. The van der Waals surface area contributed by atoms with E-state index in [0.717, 1.165) is 24.2 Å². The molecule has 0 amide bonds. The molecule has 2 nitrogen and oxygen atoms in total. The minimum Gasteiger partial charge on any atom is -0.489 e. The fourth-order valence-electron chi connectivity index (χ4n) is 2.87. The lowest BCUT2D eigenvalue weighted by molar-refractivity contribution is -0.116. The molecule has 88 valence electrons. The van der Waals surface area contributed by atoms with Gasteiger partial charge in [-0.15, -0.1) is 0 Å². The number of ether oxygens (including phenoxy) is 1. The van der Waals surface area contributed by atoms with Gasteiger partial charge in [0.05, 0.1) is 0 Å². The first-order valence-corrected chi connectivity index (χ1v) is 6.25. The van der Waals surface area contributed by atoms with Gasteiger partial charge in [-0.05, 0) is 12.0 Å². The van der Waals surface area contributed by atoms with Crippen LogP contribution in [-0.4, -0.2) is 5.78 Å². The second kappa shape index (κ2) is 4.02. The summed E-state index contributed by atoms with van der Waals surface area (Å²) >= 11 is 0. The third-order valence-electron chi connectivity index (χ3n) is 3.72. The second-order valence-corrected chi connectivity index (χ2v) is 4.85. The highest BCUT2D eigenvalue weighted by Gasteiger charge is 2.39. The van der Waals surface area contributed by atoms with Crippen LogP contribution in [0, 0.1) is 5.92 Å². The van der Waals surface area contributed by atoms with Crippen LogP contribution in [0.15, 0.2) is 41.7 Å². The van der Waals surface area contributed by atoms with Gasteiger partial charge in [-0.3, -0.25) is 4.79 Å². The molecule has 1 aliphatic carbocycles. The van der Waals surface area contributed by atoms with Crippen LogP contribution in [-0.2, 0) is 9.53 Å². The lowest BCUT2D eigenvalue weighted by atomic mass is 9.85. The molecule has 1 heterocycles. The number of Topliss-reactive ketones (excluding diaryl/α,β-unsaturated/α-hetero) is 1. The van der Waals surface area contributed by atoms with Gasteiger partial charge in [0.1, 0.15) is 11.9 Å². The SMILES string of the molecule is CC1C2=C(CCCC2=O)OC1c1ccccc1. The van der Waals surface area contributed by atoms with E-state index >= 15 is 0 Å². The molecule has 0 fully saturated rings. The molecule has 3 rings (SSSR count). The van der Waals surface area contributed by atoms with Gasteiger partial charge >= 0.3 is 0 Å².